The van der Waals surface area contributed by atoms with Crippen molar-refractivity contribution in [1.82, 2.24) is 5.32 Å². The highest BCUT2D eigenvalue weighted by Gasteiger charge is 2.10. The minimum atomic E-state index is -0.507. The van der Waals surface area contributed by atoms with Crippen LogP contribution in [0.5, 0.6) is 0 Å². The van der Waals surface area contributed by atoms with E-state index in [4.69, 9.17) is 9.47 Å². The smallest absolute Gasteiger partial charge is 0.338 e. The molecule has 1 amide bonds. The van der Waals surface area contributed by atoms with Crippen LogP contribution >= 0.6 is 0 Å². The highest BCUT2D eigenvalue weighted by molar-refractivity contribution is 5.91. The fraction of sp³-hybridized carbons (Fsp3) is 0.467. The number of amides is 1. The summed E-state index contributed by atoms with van der Waals surface area (Å²) >= 11 is 0. The summed E-state index contributed by atoms with van der Waals surface area (Å²) in [6, 6.07) is 6.99. The van der Waals surface area contributed by atoms with Crippen LogP contribution < -0.4 is 10.2 Å². The van der Waals surface area contributed by atoms with Crippen molar-refractivity contribution in [3.63, 3.8) is 0 Å². The predicted octanol–water partition coefficient (Wildman–Crippen LogP) is 1.06. The third-order valence-corrected chi connectivity index (χ3v) is 2.80. The number of ether oxygens (including phenoxy) is 2. The van der Waals surface area contributed by atoms with Crippen molar-refractivity contribution in [3.05, 3.63) is 29.8 Å². The first-order chi connectivity index (χ1) is 10.0. The molecule has 0 fully saturated rings. The van der Waals surface area contributed by atoms with Gasteiger partial charge in [0.1, 0.15) is 0 Å². The highest BCUT2D eigenvalue weighted by Crippen LogP contribution is 2.12. The molecule has 0 heterocycles. The Balaban J connectivity index is 2.34. The quantitative estimate of drug-likeness (QED) is 0.573. The normalized spacial score (nSPS) is 10.0. The lowest BCUT2D eigenvalue weighted by Gasteiger charge is -2.12. The van der Waals surface area contributed by atoms with Crippen LogP contribution in [0.2, 0.25) is 0 Å². The summed E-state index contributed by atoms with van der Waals surface area (Å²) in [4.78, 5) is 25.2. The summed E-state index contributed by atoms with van der Waals surface area (Å²) in [6.45, 7) is 0.807. The van der Waals surface area contributed by atoms with Gasteiger partial charge in [0.2, 0.25) is 0 Å². The van der Waals surface area contributed by atoms with Gasteiger partial charge in [0.25, 0.3) is 5.91 Å². The number of methoxy groups -OCH3 is 1. The van der Waals surface area contributed by atoms with Crippen molar-refractivity contribution in [2.24, 2.45) is 0 Å². The second kappa shape index (κ2) is 8.97. The molecular formula is C15H22N2O4. The standard InChI is InChI=1S/C15H22N2O4/c1-17(2)13-7-5-12(6-8-13)15(19)21-11-14(18)16-9-4-10-20-3/h5-8H,4,9-11H2,1-3H3,(H,16,18). The largest absolute Gasteiger partial charge is 0.452 e. The Hall–Kier alpha value is -2.08. The lowest BCUT2D eigenvalue weighted by Crippen LogP contribution is -2.30. The highest BCUT2D eigenvalue weighted by atomic mass is 16.5. The molecule has 6 nitrogen and oxygen atoms in total. The lowest BCUT2D eigenvalue weighted by molar-refractivity contribution is -0.124. The maximum Gasteiger partial charge on any atom is 0.338 e. The van der Waals surface area contributed by atoms with Gasteiger partial charge in [0, 0.05) is 40.0 Å². The number of benzene rings is 1. The van der Waals surface area contributed by atoms with Gasteiger partial charge in [-0.05, 0) is 30.7 Å². The minimum absolute atomic E-state index is 0.277. The zero-order valence-corrected chi connectivity index (χ0v) is 12.7. The molecule has 0 saturated carbocycles. The Morgan fingerprint density at radius 1 is 1.19 bits per heavy atom. The molecule has 0 unspecified atom stereocenters. The maximum absolute atomic E-state index is 11.8. The van der Waals surface area contributed by atoms with Crippen molar-refractivity contribution >= 4 is 17.6 Å². The molecule has 1 aromatic rings. The fourth-order valence-corrected chi connectivity index (χ4v) is 1.61. The number of carbonyl (C=O) groups excluding carboxylic acids is 2. The van der Waals surface area contributed by atoms with E-state index in [1.807, 2.05) is 31.1 Å². The number of nitrogens with zero attached hydrogens (tertiary/aromatic N) is 1. The van der Waals surface area contributed by atoms with Crippen LogP contribution in [0, 0.1) is 0 Å². The molecule has 0 bridgehead atoms. The lowest BCUT2D eigenvalue weighted by atomic mass is 10.2. The molecule has 0 spiro atoms. The van der Waals surface area contributed by atoms with Crippen molar-refractivity contribution in [3.8, 4) is 0 Å². The molecule has 1 aromatic carbocycles. The predicted molar refractivity (Wildman–Crippen MR) is 80.6 cm³/mol. The Bertz CT molecular complexity index is 457. The summed E-state index contributed by atoms with van der Waals surface area (Å²) in [6.07, 6.45) is 0.724. The summed E-state index contributed by atoms with van der Waals surface area (Å²) in [5, 5.41) is 2.65. The number of hydrogen-bond donors (Lipinski definition) is 1. The third kappa shape index (κ3) is 6.27. The number of anilines is 1. The molecule has 0 aliphatic rings. The Morgan fingerprint density at radius 3 is 2.43 bits per heavy atom. The molecule has 0 aliphatic carbocycles. The molecule has 0 aliphatic heterocycles. The van der Waals surface area contributed by atoms with E-state index >= 15 is 0 Å². The number of carbonyl (C=O) groups is 2. The second-order valence-corrected chi connectivity index (χ2v) is 4.71. The molecule has 1 rings (SSSR count). The van der Waals surface area contributed by atoms with Crippen LogP contribution in [0.15, 0.2) is 24.3 Å². The summed E-state index contributed by atoms with van der Waals surface area (Å²) < 4.78 is 9.82. The molecule has 0 atom stereocenters. The molecule has 6 heteroatoms. The van der Waals surface area contributed by atoms with Gasteiger partial charge in [0.05, 0.1) is 5.56 Å². The van der Waals surface area contributed by atoms with Crippen LogP contribution in [0.1, 0.15) is 16.8 Å². The monoisotopic (exact) mass is 294 g/mol. The van der Waals surface area contributed by atoms with E-state index in [9.17, 15) is 9.59 Å². The van der Waals surface area contributed by atoms with Crippen molar-refractivity contribution in [2.75, 3.05) is 45.9 Å². The topological polar surface area (TPSA) is 67.9 Å². The van der Waals surface area contributed by atoms with Crippen molar-refractivity contribution < 1.29 is 19.1 Å². The maximum atomic E-state index is 11.8. The van der Waals surface area contributed by atoms with Crippen molar-refractivity contribution in [2.45, 2.75) is 6.42 Å². The molecule has 0 saturated heterocycles. The SMILES string of the molecule is COCCCNC(=O)COC(=O)c1ccc(N(C)C)cc1. The summed E-state index contributed by atoms with van der Waals surface area (Å²) in [5.41, 5.74) is 1.41. The third-order valence-electron chi connectivity index (χ3n) is 2.80. The van der Waals surface area contributed by atoms with Crippen LogP contribution in [-0.4, -0.2) is 52.8 Å². The first kappa shape index (κ1) is 17.0. The second-order valence-electron chi connectivity index (χ2n) is 4.71. The van der Waals surface area contributed by atoms with Gasteiger partial charge in [0.15, 0.2) is 6.61 Å². The molecule has 21 heavy (non-hydrogen) atoms. The average molecular weight is 294 g/mol. The Labute approximate surface area is 125 Å². The van der Waals surface area contributed by atoms with E-state index in [0.29, 0.717) is 18.7 Å². The Morgan fingerprint density at radius 2 is 1.86 bits per heavy atom. The zero-order valence-electron chi connectivity index (χ0n) is 12.7. The molecule has 0 aromatic heterocycles. The zero-order chi connectivity index (χ0) is 15.7. The van der Waals surface area contributed by atoms with E-state index in [1.54, 1.807) is 19.2 Å². The van der Waals surface area contributed by atoms with Crippen LogP contribution in [0.25, 0.3) is 0 Å². The minimum Gasteiger partial charge on any atom is -0.452 e. The van der Waals surface area contributed by atoms with Crippen molar-refractivity contribution in [1.29, 1.82) is 0 Å². The van der Waals surface area contributed by atoms with Crippen LogP contribution in [-0.2, 0) is 14.3 Å². The van der Waals surface area contributed by atoms with E-state index < -0.39 is 5.97 Å². The van der Waals surface area contributed by atoms with Gasteiger partial charge in [-0.2, -0.15) is 0 Å². The van der Waals surface area contributed by atoms with E-state index in [0.717, 1.165) is 12.1 Å². The molecule has 1 N–H and O–H groups in total. The van der Waals surface area contributed by atoms with Crippen LogP contribution in [0.4, 0.5) is 5.69 Å². The molecular weight excluding hydrogens is 272 g/mol. The van der Waals surface area contributed by atoms with Gasteiger partial charge in [-0.1, -0.05) is 0 Å². The summed E-state index contributed by atoms with van der Waals surface area (Å²) in [5.74, 6) is -0.822. The fourth-order valence-electron chi connectivity index (χ4n) is 1.61. The first-order valence-electron chi connectivity index (χ1n) is 6.74. The van der Waals surface area contributed by atoms with Gasteiger partial charge in [-0.3, -0.25) is 4.79 Å². The number of esters is 1. The number of nitrogens with one attached hydrogen (secondary N) is 1. The van der Waals surface area contributed by atoms with Gasteiger partial charge in [-0.15, -0.1) is 0 Å². The van der Waals surface area contributed by atoms with Crippen LogP contribution in [0.3, 0.4) is 0 Å². The van der Waals surface area contributed by atoms with Gasteiger partial charge in [-0.25, -0.2) is 4.79 Å². The molecule has 116 valence electrons. The van der Waals surface area contributed by atoms with Gasteiger partial charge < -0.3 is 19.7 Å². The average Bonchev–Trinajstić information content (AvgIpc) is 2.49. The first-order valence-corrected chi connectivity index (χ1v) is 6.74. The van der Waals surface area contributed by atoms with E-state index in [2.05, 4.69) is 5.32 Å². The molecule has 0 radical (unpaired) electrons. The number of hydrogen-bond acceptors (Lipinski definition) is 5. The number of rotatable bonds is 8. The summed E-state index contributed by atoms with van der Waals surface area (Å²) in [7, 11) is 5.44. The van der Waals surface area contributed by atoms with Gasteiger partial charge >= 0.3 is 5.97 Å². The van der Waals surface area contributed by atoms with E-state index in [1.165, 1.54) is 0 Å². The Kier molecular flexibility index (Phi) is 7.25. The van der Waals surface area contributed by atoms with E-state index in [-0.39, 0.29) is 12.5 Å².